The minimum Gasteiger partial charge on any atom is -0.495 e. The van der Waals surface area contributed by atoms with Crippen molar-refractivity contribution in [2.75, 3.05) is 12.8 Å². The van der Waals surface area contributed by atoms with E-state index in [-0.39, 0.29) is 5.91 Å². The van der Waals surface area contributed by atoms with E-state index in [9.17, 15) is 4.79 Å². The summed E-state index contributed by atoms with van der Waals surface area (Å²) in [5.41, 5.74) is 7.32. The van der Waals surface area contributed by atoms with Crippen LogP contribution in [-0.2, 0) is 11.3 Å². The fourth-order valence-electron chi connectivity index (χ4n) is 1.41. The zero-order chi connectivity index (χ0) is 12.0. The van der Waals surface area contributed by atoms with Crippen molar-refractivity contribution in [1.82, 2.24) is 5.32 Å². The van der Waals surface area contributed by atoms with Crippen LogP contribution < -0.4 is 15.8 Å². The molecular weight excluding hydrogens is 204 g/mol. The summed E-state index contributed by atoms with van der Waals surface area (Å²) in [6, 6.07) is 5.50. The Bertz CT molecular complexity index is 364. The van der Waals surface area contributed by atoms with Gasteiger partial charge in [-0.1, -0.05) is 13.0 Å². The van der Waals surface area contributed by atoms with Crippen LogP contribution in [0.15, 0.2) is 18.2 Å². The van der Waals surface area contributed by atoms with Crippen LogP contribution in [0.1, 0.15) is 25.3 Å². The molecule has 0 atom stereocenters. The number of nitrogen functional groups attached to an aromatic ring is 1. The van der Waals surface area contributed by atoms with Crippen LogP contribution in [0.3, 0.4) is 0 Å². The summed E-state index contributed by atoms with van der Waals surface area (Å²) in [6.07, 6.45) is 1.42. The van der Waals surface area contributed by atoms with E-state index in [1.54, 1.807) is 13.2 Å². The number of amides is 1. The summed E-state index contributed by atoms with van der Waals surface area (Å²) in [5, 5.41) is 2.83. The first-order chi connectivity index (χ1) is 7.67. The molecule has 16 heavy (non-hydrogen) atoms. The van der Waals surface area contributed by atoms with E-state index in [0.717, 1.165) is 12.0 Å². The van der Waals surface area contributed by atoms with Crippen LogP contribution in [0.25, 0.3) is 0 Å². The number of anilines is 1. The summed E-state index contributed by atoms with van der Waals surface area (Å²) in [7, 11) is 1.58. The Balaban J connectivity index is 2.55. The average Bonchev–Trinajstić information content (AvgIpc) is 2.27. The molecule has 3 N–H and O–H groups in total. The summed E-state index contributed by atoms with van der Waals surface area (Å²) in [6.45, 7) is 2.48. The second-order valence-electron chi connectivity index (χ2n) is 3.60. The van der Waals surface area contributed by atoms with Gasteiger partial charge in [-0.05, 0) is 24.1 Å². The van der Waals surface area contributed by atoms with Crippen LogP contribution in [0.5, 0.6) is 5.75 Å². The normalized spacial score (nSPS) is 9.88. The van der Waals surface area contributed by atoms with Crippen LogP contribution in [-0.4, -0.2) is 13.0 Å². The number of methoxy groups -OCH3 is 1. The first-order valence-electron chi connectivity index (χ1n) is 5.36. The second kappa shape index (κ2) is 6.00. The standard InChI is InChI=1S/C12H18N2O2/c1-3-4-12(15)14-8-9-5-6-11(16-2)10(13)7-9/h5-7H,3-4,8,13H2,1-2H3,(H,14,15). The molecule has 4 nitrogen and oxygen atoms in total. The number of nitrogens with one attached hydrogen (secondary N) is 1. The number of carbonyl (C=O) groups excluding carboxylic acids is 1. The number of hydrogen-bond acceptors (Lipinski definition) is 3. The Morgan fingerprint density at radius 3 is 2.81 bits per heavy atom. The Morgan fingerprint density at radius 1 is 1.50 bits per heavy atom. The van der Waals surface area contributed by atoms with E-state index in [2.05, 4.69) is 5.32 Å². The highest BCUT2D eigenvalue weighted by Gasteiger charge is 2.02. The lowest BCUT2D eigenvalue weighted by molar-refractivity contribution is -0.121. The Labute approximate surface area is 95.8 Å². The van der Waals surface area contributed by atoms with Crippen molar-refractivity contribution >= 4 is 11.6 Å². The zero-order valence-electron chi connectivity index (χ0n) is 9.75. The second-order valence-corrected chi connectivity index (χ2v) is 3.60. The van der Waals surface area contributed by atoms with Crippen molar-refractivity contribution < 1.29 is 9.53 Å². The summed E-state index contributed by atoms with van der Waals surface area (Å²) in [5.74, 6) is 0.723. The maximum atomic E-state index is 11.3. The van der Waals surface area contributed by atoms with E-state index in [1.165, 1.54) is 0 Å². The first kappa shape index (κ1) is 12.4. The quantitative estimate of drug-likeness (QED) is 0.745. The van der Waals surface area contributed by atoms with Gasteiger partial charge < -0.3 is 15.8 Å². The van der Waals surface area contributed by atoms with Gasteiger partial charge >= 0.3 is 0 Å². The topological polar surface area (TPSA) is 64.3 Å². The van der Waals surface area contributed by atoms with Gasteiger partial charge in [-0.15, -0.1) is 0 Å². The molecule has 0 saturated carbocycles. The minimum absolute atomic E-state index is 0.0666. The predicted octanol–water partition coefficient (Wildman–Crippen LogP) is 1.69. The Morgan fingerprint density at radius 2 is 2.25 bits per heavy atom. The molecule has 1 rings (SSSR count). The minimum atomic E-state index is 0.0666. The van der Waals surface area contributed by atoms with Gasteiger partial charge in [0.25, 0.3) is 0 Å². The third-order valence-corrected chi connectivity index (χ3v) is 2.26. The van der Waals surface area contributed by atoms with Crippen molar-refractivity contribution in [3.8, 4) is 5.75 Å². The molecule has 1 aromatic rings. The average molecular weight is 222 g/mol. The number of rotatable bonds is 5. The van der Waals surface area contributed by atoms with E-state index in [4.69, 9.17) is 10.5 Å². The van der Waals surface area contributed by atoms with Gasteiger partial charge in [0.15, 0.2) is 0 Å². The lowest BCUT2D eigenvalue weighted by Crippen LogP contribution is -2.22. The SMILES string of the molecule is CCCC(=O)NCc1ccc(OC)c(N)c1. The smallest absolute Gasteiger partial charge is 0.220 e. The molecule has 0 radical (unpaired) electrons. The third kappa shape index (κ3) is 3.46. The van der Waals surface area contributed by atoms with E-state index >= 15 is 0 Å². The molecular formula is C12H18N2O2. The Kier molecular flexibility index (Phi) is 4.64. The van der Waals surface area contributed by atoms with Crippen molar-refractivity contribution in [2.45, 2.75) is 26.3 Å². The van der Waals surface area contributed by atoms with Gasteiger partial charge in [0.2, 0.25) is 5.91 Å². The highest BCUT2D eigenvalue weighted by atomic mass is 16.5. The molecule has 0 unspecified atom stereocenters. The van der Waals surface area contributed by atoms with Crippen LogP contribution in [0.4, 0.5) is 5.69 Å². The first-order valence-corrected chi connectivity index (χ1v) is 5.36. The number of hydrogen-bond donors (Lipinski definition) is 2. The van der Waals surface area contributed by atoms with Crippen molar-refractivity contribution in [1.29, 1.82) is 0 Å². The number of ether oxygens (including phenoxy) is 1. The number of benzene rings is 1. The fraction of sp³-hybridized carbons (Fsp3) is 0.417. The molecule has 88 valence electrons. The molecule has 0 aromatic heterocycles. The monoisotopic (exact) mass is 222 g/mol. The molecule has 0 heterocycles. The highest BCUT2D eigenvalue weighted by molar-refractivity contribution is 5.75. The summed E-state index contributed by atoms with van der Waals surface area (Å²) >= 11 is 0. The zero-order valence-corrected chi connectivity index (χ0v) is 9.75. The van der Waals surface area contributed by atoms with Crippen LogP contribution in [0, 0.1) is 0 Å². The molecule has 1 aromatic carbocycles. The molecule has 0 bridgehead atoms. The van der Waals surface area contributed by atoms with Crippen molar-refractivity contribution in [3.63, 3.8) is 0 Å². The van der Waals surface area contributed by atoms with Gasteiger partial charge in [-0.25, -0.2) is 0 Å². The Hall–Kier alpha value is -1.71. The molecule has 4 heteroatoms. The van der Waals surface area contributed by atoms with Gasteiger partial charge in [0.1, 0.15) is 5.75 Å². The van der Waals surface area contributed by atoms with E-state index < -0.39 is 0 Å². The van der Waals surface area contributed by atoms with Gasteiger partial charge in [-0.3, -0.25) is 4.79 Å². The maximum Gasteiger partial charge on any atom is 0.220 e. The van der Waals surface area contributed by atoms with Crippen LogP contribution in [0.2, 0.25) is 0 Å². The van der Waals surface area contributed by atoms with Gasteiger partial charge in [0.05, 0.1) is 12.8 Å². The molecule has 0 saturated heterocycles. The number of carbonyl (C=O) groups is 1. The highest BCUT2D eigenvalue weighted by Crippen LogP contribution is 2.21. The van der Waals surface area contributed by atoms with E-state index in [1.807, 2.05) is 19.1 Å². The molecule has 1 amide bonds. The fourth-order valence-corrected chi connectivity index (χ4v) is 1.41. The van der Waals surface area contributed by atoms with Crippen molar-refractivity contribution in [3.05, 3.63) is 23.8 Å². The van der Waals surface area contributed by atoms with Gasteiger partial charge in [-0.2, -0.15) is 0 Å². The van der Waals surface area contributed by atoms with Crippen LogP contribution >= 0.6 is 0 Å². The predicted molar refractivity (Wildman–Crippen MR) is 64.2 cm³/mol. The molecule has 0 aliphatic heterocycles. The molecule has 0 fully saturated rings. The van der Waals surface area contributed by atoms with E-state index in [0.29, 0.717) is 24.4 Å². The lowest BCUT2D eigenvalue weighted by Gasteiger charge is -2.08. The molecule has 0 spiro atoms. The van der Waals surface area contributed by atoms with Gasteiger partial charge in [0, 0.05) is 13.0 Å². The maximum absolute atomic E-state index is 11.3. The largest absolute Gasteiger partial charge is 0.495 e. The molecule has 0 aliphatic carbocycles. The summed E-state index contributed by atoms with van der Waals surface area (Å²) in [4.78, 5) is 11.3. The lowest BCUT2D eigenvalue weighted by atomic mass is 10.2. The molecule has 0 aliphatic rings. The summed E-state index contributed by atoms with van der Waals surface area (Å²) < 4.78 is 5.05. The van der Waals surface area contributed by atoms with Crippen molar-refractivity contribution in [2.24, 2.45) is 0 Å². The number of nitrogens with two attached hydrogens (primary N) is 1. The third-order valence-electron chi connectivity index (χ3n) is 2.26.